The molecule has 1 aromatic heterocycles. The zero-order valence-corrected chi connectivity index (χ0v) is 9.96. The first-order valence-electron chi connectivity index (χ1n) is 5.24. The van der Waals surface area contributed by atoms with Crippen LogP contribution in [0.3, 0.4) is 0 Å². The molecule has 15 heavy (non-hydrogen) atoms. The van der Waals surface area contributed by atoms with Crippen LogP contribution in [0.25, 0.3) is 0 Å². The molecule has 4 nitrogen and oxygen atoms in total. The Kier molecular flexibility index (Phi) is 4.29. The van der Waals surface area contributed by atoms with E-state index in [2.05, 4.69) is 10.5 Å². The van der Waals surface area contributed by atoms with Crippen LogP contribution < -0.4 is 5.32 Å². The molecule has 0 aromatic carbocycles. The van der Waals surface area contributed by atoms with E-state index in [0.29, 0.717) is 6.61 Å². The van der Waals surface area contributed by atoms with Crippen molar-refractivity contribution in [2.75, 3.05) is 13.2 Å². The van der Waals surface area contributed by atoms with Gasteiger partial charge in [0.15, 0.2) is 0 Å². The first-order chi connectivity index (χ1) is 6.97. The molecule has 0 atom stereocenters. The molecule has 0 bridgehead atoms. The summed E-state index contributed by atoms with van der Waals surface area (Å²) in [6.07, 6.45) is 0. The summed E-state index contributed by atoms with van der Waals surface area (Å²) in [5, 5.41) is 7.12. The summed E-state index contributed by atoms with van der Waals surface area (Å²) >= 11 is 0. The van der Waals surface area contributed by atoms with Crippen molar-refractivity contribution in [2.45, 2.75) is 39.8 Å². The van der Waals surface area contributed by atoms with E-state index in [1.165, 1.54) is 0 Å². The lowest BCUT2D eigenvalue weighted by molar-refractivity contribution is -0.000921. The number of nitrogens with one attached hydrogen (secondary N) is 1. The van der Waals surface area contributed by atoms with E-state index in [9.17, 15) is 0 Å². The fourth-order valence-electron chi connectivity index (χ4n) is 1.15. The van der Waals surface area contributed by atoms with Gasteiger partial charge in [-0.15, -0.1) is 0 Å². The van der Waals surface area contributed by atoms with E-state index in [1.807, 2.05) is 33.8 Å². The number of hydrogen-bond acceptors (Lipinski definition) is 4. The van der Waals surface area contributed by atoms with Crippen LogP contribution >= 0.6 is 0 Å². The van der Waals surface area contributed by atoms with E-state index in [0.717, 1.165) is 24.5 Å². The summed E-state index contributed by atoms with van der Waals surface area (Å²) in [4.78, 5) is 0. The molecule has 1 aromatic rings. The largest absolute Gasteiger partial charge is 0.375 e. The number of ether oxygens (including phenoxy) is 1. The number of aromatic nitrogens is 1. The normalized spacial score (nSPS) is 12.0. The minimum absolute atomic E-state index is 0.0633. The van der Waals surface area contributed by atoms with Crippen molar-refractivity contribution in [2.24, 2.45) is 0 Å². The van der Waals surface area contributed by atoms with Gasteiger partial charge in [0.1, 0.15) is 5.76 Å². The highest BCUT2D eigenvalue weighted by Crippen LogP contribution is 2.05. The van der Waals surface area contributed by atoms with E-state index < -0.39 is 0 Å². The van der Waals surface area contributed by atoms with Crippen LogP contribution in [0.1, 0.15) is 32.2 Å². The molecule has 0 aliphatic rings. The lowest BCUT2D eigenvalue weighted by atomic mass is 10.2. The lowest BCUT2D eigenvalue weighted by Crippen LogP contribution is -2.26. The van der Waals surface area contributed by atoms with E-state index in [1.54, 1.807) is 0 Å². The van der Waals surface area contributed by atoms with Gasteiger partial charge >= 0.3 is 0 Å². The van der Waals surface area contributed by atoms with Gasteiger partial charge in [0.2, 0.25) is 0 Å². The van der Waals surface area contributed by atoms with Crippen LogP contribution in [0.4, 0.5) is 0 Å². The third kappa shape index (κ3) is 5.54. The third-order valence-corrected chi connectivity index (χ3v) is 1.80. The summed E-state index contributed by atoms with van der Waals surface area (Å²) in [5.74, 6) is 0.845. The summed E-state index contributed by atoms with van der Waals surface area (Å²) in [6.45, 7) is 10.3. The van der Waals surface area contributed by atoms with E-state index >= 15 is 0 Å². The summed E-state index contributed by atoms with van der Waals surface area (Å²) < 4.78 is 10.5. The first kappa shape index (κ1) is 12.2. The van der Waals surface area contributed by atoms with Crippen LogP contribution in [0.15, 0.2) is 10.6 Å². The van der Waals surface area contributed by atoms with E-state index in [-0.39, 0.29) is 5.60 Å². The van der Waals surface area contributed by atoms with Gasteiger partial charge in [0.05, 0.1) is 17.9 Å². The van der Waals surface area contributed by atoms with Gasteiger partial charge in [-0.05, 0) is 27.7 Å². The van der Waals surface area contributed by atoms with Crippen molar-refractivity contribution in [1.82, 2.24) is 10.5 Å². The molecule has 0 fully saturated rings. The highest BCUT2D eigenvalue weighted by Gasteiger charge is 2.08. The van der Waals surface area contributed by atoms with Gasteiger partial charge in [0.25, 0.3) is 0 Å². The van der Waals surface area contributed by atoms with Crippen molar-refractivity contribution in [3.8, 4) is 0 Å². The average molecular weight is 212 g/mol. The molecule has 1 N–H and O–H groups in total. The molecule has 0 amide bonds. The number of nitrogens with zero attached hydrogens (tertiary/aromatic N) is 1. The van der Waals surface area contributed by atoms with E-state index in [4.69, 9.17) is 9.26 Å². The molecule has 0 saturated carbocycles. The SMILES string of the molecule is Cc1cc(CNCCOC(C)(C)C)no1. The van der Waals surface area contributed by atoms with Crippen LogP contribution in [0.5, 0.6) is 0 Å². The topological polar surface area (TPSA) is 47.3 Å². The minimum atomic E-state index is -0.0633. The Bertz CT molecular complexity index is 289. The number of aryl methyl sites for hydroxylation is 1. The summed E-state index contributed by atoms with van der Waals surface area (Å²) in [6, 6.07) is 1.93. The molecule has 1 heterocycles. The van der Waals surface area contributed by atoms with Gasteiger partial charge < -0.3 is 14.6 Å². The van der Waals surface area contributed by atoms with Gasteiger partial charge in [-0.25, -0.2) is 0 Å². The standard InChI is InChI=1S/C11H20N2O2/c1-9-7-10(13-15-9)8-12-5-6-14-11(2,3)4/h7,12H,5-6,8H2,1-4H3. The maximum Gasteiger partial charge on any atom is 0.133 e. The smallest absolute Gasteiger partial charge is 0.133 e. The second-order valence-corrected chi connectivity index (χ2v) is 4.57. The second kappa shape index (κ2) is 5.28. The van der Waals surface area contributed by atoms with Crippen LogP contribution in [-0.2, 0) is 11.3 Å². The predicted molar refractivity (Wildman–Crippen MR) is 58.7 cm³/mol. The van der Waals surface area contributed by atoms with Crippen molar-refractivity contribution in [1.29, 1.82) is 0 Å². The Morgan fingerprint density at radius 3 is 2.73 bits per heavy atom. The van der Waals surface area contributed by atoms with Crippen molar-refractivity contribution < 1.29 is 9.26 Å². The molecule has 0 aliphatic heterocycles. The molecule has 0 spiro atoms. The zero-order valence-electron chi connectivity index (χ0n) is 9.96. The summed E-state index contributed by atoms with van der Waals surface area (Å²) in [5.41, 5.74) is 0.870. The van der Waals surface area contributed by atoms with Gasteiger partial charge in [-0.1, -0.05) is 5.16 Å². The molecule has 0 saturated heterocycles. The maximum absolute atomic E-state index is 5.57. The quantitative estimate of drug-likeness (QED) is 0.757. The highest BCUT2D eigenvalue weighted by atomic mass is 16.5. The fraction of sp³-hybridized carbons (Fsp3) is 0.727. The maximum atomic E-state index is 5.57. The molecule has 4 heteroatoms. The van der Waals surface area contributed by atoms with Crippen LogP contribution in [0, 0.1) is 6.92 Å². The van der Waals surface area contributed by atoms with Crippen LogP contribution in [-0.4, -0.2) is 23.9 Å². The van der Waals surface area contributed by atoms with Gasteiger partial charge in [0, 0.05) is 19.2 Å². The second-order valence-electron chi connectivity index (χ2n) is 4.57. The Hall–Kier alpha value is -0.870. The zero-order chi connectivity index (χ0) is 11.3. The molecular weight excluding hydrogens is 192 g/mol. The average Bonchev–Trinajstić information content (AvgIpc) is 2.49. The Morgan fingerprint density at radius 1 is 1.47 bits per heavy atom. The molecule has 1 rings (SSSR count). The Morgan fingerprint density at radius 2 is 2.20 bits per heavy atom. The van der Waals surface area contributed by atoms with Gasteiger partial charge in [-0.3, -0.25) is 0 Å². The molecule has 0 radical (unpaired) electrons. The molecule has 0 unspecified atom stereocenters. The third-order valence-electron chi connectivity index (χ3n) is 1.80. The molecule has 0 aliphatic carbocycles. The summed E-state index contributed by atoms with van der Waals surface area (Å²) in [7, 11) is 0. The monoisotopic (exact) mass is 212 g/mol. The number of rotatable bonds is 5. The molecule has 86 valence electrons. The van der Waals surface area contributed by atoms with Crippen molar-refractivity contribution in [3.63, 3.8) is 0 Å². The predicted octanol–water partition coefficient (Wildman–Crippen LogP) is 1.89. The first-order valence-corrected chi connectivity index (χ1v) is 5.24. The van der Waals surface area contributed by atoms with Crippen molar-refractivity contribution >= 4 is 0 Å². The number of hydrogen-bond donors (Lipinski definition) is 1. The van der Waals surface area contributed by atoms with Gasteiger partial charge in [-0.2, -0.15) is 0 Å². The van der Waals surface area contributed by atoms with Crippen LogP contribution in [0.2, 0.25) is 0 Å². The highest BCUT2D eigenvalue weighted by molar-refractivity contribution is 5.02. The minimum Gasteiger partial charge on any atom is -0.375 e. The Labute approximate surface area is 91.0 Å². The van der Waals surface area contributed by atoms with Crippen molar-refractivity contribution in [3.05, 3.63) is 17.5 Å². The fourth-order valence-corrected chi connectivity index (χ4v) is 1.15. The molecular formula is C11H20N2O2. The Balaban J connectivity index is 2.07. The lowest BCUT2D eigenvalue weighted by Gasteiger charge is -2.19.